The van der Waals surface area contributed by atoms with E-state index < -0.39 is 5.82 Å². The molecule has 0 heterocycles. The van der Waals surface area contributed by atoms with E-state index in [1.54, 1.807) is 19.2 Å². The van der Waals surface area contributed by atoms with Gasteiger partial charge in [0.05, 0.1) is 26.9 Å². The standard InChI is InChI=1S/C17H20FNO3/c1-21-14-5-3-4-13(9-14)16(11-20)19-10-12-6-7-17(22-2)15(18)8-12/h3-9,16,19-20H,10-11H2,1-2H3. The minimum atomic E-state index is -0.399. The molecule has 1 unspecified atom stereocenters. The summed E-state index contributed by atoms with van der Waals surface area (Å²) in [6, 6.07) is 12.0. The highest BCUT2D eigenvalue weighted by Gasteiger charge is 2.11. The molecule has 0 amide bonds. The summed E-state index contributed by atoms with van der Waals surface area (Å²) < 4.78 is 23.7. The Balaban J connectivity index is 2.05. The van der Waals surface area contributed by atoms with Crippen LogP contribution in [0.4, 0.5) is 4.39 Å². The molecule has 4 nitrogen and oxygen atoms in total. The van der Waals surface area contributed by atoms with Gasteiger partial charge in [0, 0.05) is 6.54 Å². The Kier molecular flexibility index (Phi) is 5.75. The number of methoxy groups -OCH3 is 2. The highest BCUT2D eigenvalue weighted by atomic mass is 19.1. The first-order valence-electron chi connectivity index (χ1n) is 6.98. The predicted octanol–water partition coefficient (Wildman–Crippen LogP) is 2.67. The van der Waals surface area contributed by atoms with Crippen LogP contribution in [0.5, 0.6) is 11.5 Å². The first kappa shape index (κ1) is 16.3. The Hall–Kier alpha value is -2.11. The third-order valence-electron chi connectivity index (χ3n) is 3.45. The zero-order valence-corrected chi connectivity index (χ0v) is 12.7. The minimum Gasteiger partial charge on any atom is -0.497 e. The maximum atomic E-state index is 13.7. The average Bonchev–Trinajstić information content (AvgIpc) is 2.56. The van der Waals surface area contributed by atoms with Crippen molar-refractivity contribution in [3.8, 4) is 11.5 Å². The fourth-order valence-electron chi connectivity index (χ4n) is 2.21. The monoisotopic (exact) mass is 305 g/mol. The van der Waals surface area contributed by atoms with Crippen molar-refractivity contribution in [2.75, 3.05) is 20.8 Å². The molecule has 0 saturated heterocycles. The second-order valence-electron chi connectivity index (χ2n) is 4.86. The topological polar surface area (TPSA) is 50.7 Å². The summed E-state index contributed by atoms with van der Waals surface area (Å²) in [5, 5.41) is 12.8. The third kappa shape index (κ3) is 3.96. The molecule has 2 N–H and O–H groups in total. The van der Waals surface area contributed by atoms with Crippen LogP contribution in [0.3, 0.4) is 0 Å². The van der Waals surface area contributed by atoms with E-state index in [4.69, 9.17) is 9.47 Å². The van der Waals surface area contributed by atoms with Crippen LogP contribution in [-0.2, 0) is 6.54 Å². The maximum Gasteiger partial charge on any atom is 0.165 e. The number of ether oxygens (including phenoxy) is 2. The van der Waals surface area contributed by atoms with Crippen molar-refractivity contribution in [3.63, 3.8) is 0 Å². The van der Waals surface area contributed by atoms with Gasteiger partial charge in [-0.05, 0) is 35.4 Å². The molecular weight excluding hydrogens is 285 g/mol. The normalized spacial score (nSPS) is 12.0. The highest BCUT2D eigenvalue weighted by Crippen LogP contribution is 2.21. The number of benzene rings is 2. The summed E-state index contributed by atoms with van der Waals surface area (Å²) in [4.78, 5) is 0. The van der Waals surface area contributed by atoms with E-state index in [9.17, 15) is 9.50 Å². The van der Waals surface area contributed by atoms with Crippen LogP contribution in [0, 0.1) is 5.82 Å². The Labute approximate surface area is 129 Å². The fraction of sp³-hybridized carbons (Fsp3) is 0.294. The molecule has 2 aromatic rings. The molecule has 0 radical (unpaired) electrons. The van der Waals surface area contributed by atoms with Crippen LogP contribution in [0.25, 0.3) is 0 Å². The lowest BCUT2D eigenvalue weighted by atomic mass is 10.1. The Bertz CT molecular complexity index is 619. The van der Waals surface area contributed by atoms with Crippen molar-refractivity contribution in [1.29, 1.82) is 0 Å². The van der Waals surface area contributed by atoms with Gasteiger partial charge in [-0.1, -0.05) is 18.2 Å². The lowest BCUT2D eigenvalue weighted by Crippen LogP contribution is -2.24. The molecule has 0 aliphatic carbocycles. The molecule has 22 heavy (non-hydrogen) atoms. The van der Waals surface area contributed by atoms with E-state index in [0.717, 1.165) is 16.9 Å². The second-order valence-corrected chi connectivity index (χ2v) is 4.86. The summed E-state index contributed by atoms with van der Waals surface area (Å²) in [5.74, 6) is 0.548. The first-order chi connectivity index (χ1) is 10.7. The van der Waals surface area contributed by atoms with Crippen LogP contribution in [0.1, 0.15) is 17.2 Å². The summed E-state index contributed by atoms with van der Waals surface area (Å²) >= 11 is 0. The summed E-state index contributed by atoms with van der Waals surface area (Å²) in [5.41, 5.74) is 1.69. The molecule has 0 aliphatic rings. The number of hydrogen-bond acceptors (Lipinski definition) is 4. The van der Waals surface area contributed by atoms with E-state index in [1.165, 1.54) is 13.2 Å². The number of rotatable bonds is 7. The molecule has 118 valence electrons. The smallest absolute Gasteiger partial charge is 0.165 e. The Morgan fingerprint density at radius 1 is 1.14 bits per heavy atom. The van der Waals surface area contributed by atoms with E-state index in [0.29, 0.717) is 6.54 Å². The predicted molar refractivity (Wildman–Crippen MR) is 82.6 cm³/mol. The van der Waals surface area contributed by atoms with Crippen LogP contribution in [0.15, 0.2) is 42.5 Å². The van der Waals surface area contributed by atoms with Crippen molar-refractivity contribution < 1.29 is 19.0 Å². The van der Waals surface area contributed by atoms with Crippen molar-refractivity contribution >= 4 is 0 Å². The molecule has 0 bridgehead atoms. The fourth-order valence-corrected chi connectivity index (χ4v) is 2.21. The number of aliphatic hydroxyl groups is 1. The van der Waals surface area contributed by atoms with Crippen LogP contribution in [0.2, 0.25) is 0 Å². The van der Waals surface area contributed by atoms with Crippen LogP contribution in [-0.4, -0.2) is 25.9 Å². The third-order valence-corrected chi connectivity index (χ3v) is 3.45. The van der Waals surface area contributed by atoms with Gasteiger partial charge in [-0.3, -0.25) is 0 Å². The van der Waals surface area contributed by atoms with E-state index in [1.807, 2.05) is 24.3 Å². The van der Waals surface area contributed by atoms with Gasteiger partial charge in [0.2, 0.25) is 0 Å². The maximum absolute atomic E-state index is 13.7. The van der Waals surface area contributed by atoms with Crippen molar-refractivity contribution in [3.05, 3.63) is 59.4 Å². The van der Waals surface area contributed by atoms with E-state index in [-0.39, 0.29) is 18.4 Å². The molecule has 2 rings (SSSR count). The molecule has 1 atom stereocenters. The molecule has 0 fully saturated rings. The molecule has 5 heteroatoms. The number of hydrogen-bond donors (Lipinski definition) is 2. The molecule has 0 saturated carbocycles. The first-order valence-corrected chi connectivity index (χ1v) is 6.98. The largest absolute Gasteiger partial charge is 0.497 e. The zero-order valence-electron chi connectivity index (χ0n) is 12.7. The molecule has 0 aromatic heterocycles. The molecule has 2 aromatic carbocycles. The van der Waals surface area contributed by atoms with Gasteiger partial charge in [-0.2, -0.15) is 0 Å². The minimum absolute atomic E-state index is 0.0637. The van der Waals surface area contributed by atoms with E-state index >= 15 is 0 Å². The Morgan fingerprint density at radius 2 is 1.95 bits per heavy atom. The summed E-state index contributed by atoms with van der Waals surface area (Å²) in [6.07, 6.45) is 0. The number of halogens is 1. The Morgan fingerprint density at radius 3 is 2.59 bits per heavy atom. The van der Waals surface area contributed by atoms with Crippen molar-refractivity contribution in [2.45, 2.75) is 12.6 Å². The van der Waals surface area contributed by atoms with Gasteiger partial charge < -0.3 is 19.9 Å². The van der Waals surface area contributed by atoms with Gasteiger partial charge in [-0.25, -0.2) is 4.39 Å². The molecular formula is C17H20FNO3. The number of aliphatic hydroxyl groups excluding tert-OH is 1. The highest BCUT2D eigenvalue weighted by molar-refractivity contribution is 5.31. The molecule has 0 spiro atoms. The van der Waals surface area contributed by atoms with Gasteiger partial charge in [0.25, 0.3) is 0 Å². The van der Waals surface area contributed by atoms with Crippen LogP contribution >= 0.6 is 0 Å². The van der Waals surface area contributed by atoms with Gasteiger partial charge in [-0.15, -0.1) is 0 Å². The van der Waals surface area contributed by atoms with Crippen molar-refractivity contribution in [2.24, 2.45) is 0 Å². The van der Waals surface area contributed by atoms with Gasteiger partial charge in [0.1, 0.15) is 5.75 Å². The molecule has 0 aliphatic heterocycles. The summed E-state index contributed by atoms with van der Waals surface area (Å²) in [7, 11) is 3.03. The summed E-state index contributed by atoms with van der Waals surface area (Å²) in [6.45, 7) is 0.370. The lowest BCUT2D eigenvalue weighted by molar-refractivity contribution is 0.243. The average molecular weight is 305 g/mol. The quantitative estimate of drug-likeness (QED) is 0.826. The zero-order chi connectivity index (χ0) is 15.9. The van der Waals surface area contributed by atoms with Crippen LogP contribution < -0.4 is 14.8 Å². The van der Waals surface area contributed by atoms with Gasteiger partial charge >= 0.3 is 0 Å². The lowest BCUT2D eigenvalue weighted by Gasteiger charge is -2.17. The number of nitrogens with one attached hydrogen (secondary N) is 1. The second kappa shape index (κ2) is 7.77. The SMILES string of the molecule is COc1cccc(C(CO)NCc2ccc(OC)c(F)c2)c1. The van der Waals surface area contributed by atoms with Gasteiger partial charge in [0.15, 0.2) is 11.6 Å². The van der Waals surface area contributed by atoms with Crippen molar-refractivity contribution in [1.82, 2.24) is 5.32 Å². The van der Waals surface area contributed by atoms with E-state index in [2.05, 4.69) is 5.32 Å².